The highest BCUT2D eigenvalue weighted by Crippen LogP contribution is 2.29. The fourth-order valence-corrected chi connectivity index (χ4v) is 1.73. The van der Waals surface area contributed by atoms with Gasteiger partial charge in [-0.05, 0) is 20.3 Å². The number of esters is 1. The highest BCUT2D eigenvalue weighted by molar-refractivity contribution is 5.89. The van der Waals surface area contributed by atoms with E-state index in [0.717, 1.165) is 0 Å². The summed E-state index contributed by atoms with van der Waals surface area (Å²) in [4.78, 5) is 11.9. The Kier molecular flexibility index (Phi) is 6.61. The van der Waals surface area contributed by atoms with Gasteiger partial charge in [0, 0.05) is 0 Å². The lowest BCUT2D eigenvalue weighted by Gasteiger charge is -2.23. The summed E-state index contributed by atoms with van der Waals surface area (Å²) in [6.45, 7) is 3.66. The molecule has 8 heteroatoms. The Morgan fingerprint density at radius 2 is 1.95 bits per heavy atom. The maximum atomic E-state index is 11.9. The quantitative estimate of drug-likeness (QED) is 0.401. The number of cyclic esters (lactones) is 1. The molecule has 0 radical (unpaired) electrons. The minimum Gasteiger partial charge on any atom is -0.487 e. The minimum atomic E-state index is -1.38. The van der Waals surface area contributed by atoms with E-state index in [9.17, 15) is 15.0 Å². The molecular formula is C14H24O8. The number of carbonyl (C=O) groups is 1. The Labute approximate surface area is 128 Å². The smallest absolute Gasteiger partial charge is 0.378 e. The first kappa shape index (κ1) is 18.7. The molecule has 1 aliphatic rings. The van der Waals surface area contributed by atoms with Crippen LogP contribution in [-0.4, -0.2) is 70.1 Å². The van der Waals surface area contributed by atoms with E-state index < -0.39 is 36.5 Å². The molecule has 0 aromatic rings. The molecule has 0 aromatic carbocycles. The molecule has 22 heavy (non-hydrogen) atoms. The molecule has 128 valence electrons. The average molecular weight is 320 g/mol. The molecule has 0 saturated heterocycles. The standard InChI is InChI=1S/C14H24O8/c1-4-8(5-15)21-12-11(20-7-14(2,3)19)10(9(17)6-16)22-13(12)18/h8-10,15-17,19H,4-7H2,1-3H3/t8?,9-,10+/m0/s1. The van der Waals surface area contributed by atoms with E-state index in [1.807, 2.05) is 0 Å². The SMILES string of the molecule is CCC(CO)OC1=C(OCC(C)(C)O)[C@@H]([C@@H](O)CO)OC1=O. The summed E-state index contributed by atoms with van der Waals surface area (Å²) >= 11 is 0. The van der Waals surface area contributed by atoms with Crippen LogP contribution in [0.15, 0.2) is 11.5 Å². The summed E-state index contributed by atoms with van der Waals surface area (Å²) in [7, 11) is 0. The molecular weight excluding hydrogens is 296 g/mol. The van der Waals surface area contributed by atoms with Gasteiger partial charge in [0.15, 0.2) is 11.9 Å². The number of aliphatic hydroxyl groups is 4. The van der Waals surface area contributed by atoms with Crippen molar-refractivity contribution in [2.75, 3.05) is 19.8 Å². The third kappa shape index (κ3) is 4.84. The molecule has 0 spiro atoms. The summed E-state index contributed by atoms with van der Waals surface area (Å²) in [6, 6.07) is 0. The van der Waals surface area contributed by atoms with Crippen molar-refractivity contribution in [3.63, 3.8) is 0 Å². The molecule has 0 bridgehead atoms. The molecule has 0 aromatic heterocycles. The number of aliphatic hydroxyl groups excluding tert-OH is 3. The fourth-order valence-electron chi connectivity index (χ4n) is 1.73. The highest BCUT2D eigenvalue weighted by Gasteiger charge is 2.43. The second-order valence-electron chi connectivity index (χ2n) is 5.70. The first-order valence-corrected chi connectivity index (χ1v) is 7.10. The second kappa shape index (κ2) is 7.77. The molecule has 0 aliphatic carbocycles. The molecule has 0 fully saturated rings. The molecule has 1 aliphatic heterocycles. The van der Waals surface area contributed by atoms with Crippen molar-refractivity contribution < 1.29 is 39.4 Å². The van der Waals surface area contributed by atoms with Crippen molar-refractivity contribution in [1.29, 1.82) is 0 Å². The van der Waals surface area contributed by atoms with Gasteiger partial charge in [0.2, 0.25) is 5.76 Å². The number of hydrogen-bond donors (Lipinski definition) is 4. The van der Waals surface area contributed by atoms with E-state index in [4.69, 9.17) is 24.4 Å². The van der Waals surface area contributed by atoms with E-state index in [1.165, 1.54) is 13.8 Å². The van der Waals surface area contributed by atoms with Crippen molar-refractivity contribution in [3.8, 4) is 0 Å². The van der Waals surface area contributed by atoms with Crippen molar-refractivity contribution in [3.05, 3.63) is 11.5 Å². The molecule has 1 heterocycles. The minimum absolute atomic E-state index is 0.0967. The molecule has 3 atom stereocenters. The van der Waals surface area contributed by atoms with Gasteiger partial charge in [-0.15, -0.1) is 0 Å². The van der Waals surface area contributed by atoms with Gasteiger partial charge >= 0.3 is 5.97 Å². The van der Waals surface area contributed by atoms with E-state index in [1.54, 1.807) is 6.92 Å². The van der Waals surface area contributed by atoms with Crippen molar-refractivity contribution in [2.45, 2.75) is 51.1 Å². The van der Waals surface area contributed by atoms with Crippen LogP contribution in [0.1, 0.15) is 27.2 Å². The first-order chi connectivity index (χ1) is 10.2. The summed E-state index contributed by atoms with van der Waals surface area (Å²) in [5.74, 6) is -1.21. The zero-order chi connectivity index (χ0) is 16.9. The molecule has 0 saturated carbocycles. The molecule has 1 unspecified atom stereocenters. The normalized spacial score (nSPS) is 21.6. The highest BCUT2D eigenvalue weighted by atomic mass is 16.6. The van der Waals surface area contributed by atoms with Crippen LogP contribution in [0.3, 0.4) is 0 Å². The molecule has 4 N–H and O–H groups in total. The fraction of sp³-hybridized carbons (Fsp3) is 0.786. The zero-order valence-corrected chi connectivity index (χ0v) is 13.0. The lowest BCUT2D eigenvalue weighted by molar-refractivity contribution is -0.149. The van der Waals surface area contributed by atoms with Crippen LogP contribution in [0.2, 0.25) is 0 Å². The van der Waals surface area contributed by atoms with Crippen LogP contribution in [0.4, 0.5) is 0 Å². The van der Waals surface area contributed by atoms with Crippen LogP contribution in [-0.2, 0) is 19.0 Å². The van der Waals surface area contributed by atoms with Crippen molar-refractivity contribution >= 4 is 5.97 Å². The van der Waals surface area contributed by atoms with Gasteiger partial charge in [-0.1, -0.05) is 6.92 Å². The van der Waals surface area contributed by atoms with Gasteiger partial charge in [-0.25, -0.2) is 4.79 Å². The van der Waals surface area contributed by atoms with E-state index in [-0.39, 0.29) is 24.7 Å². The van der Waals surface area contributed by atoms with Crippen LogP contribution in [0, 0.1) is 0 Å². The summed E-state index contributed by atoms with van der Waals surface area (Å²) < 4.78 is 15.7. The van der Waals surface area contributed by atoms with Crippen LogP contribution in [0.5, 0.6) is 0 Å². The zero-order valence-electron chi connectivity index (χ0n) is 13.0. The first-order valence-electron chi connectivity index (χ1n) is 7.10. The Balaban J connectivity index is 3.03. The molecule has 1 rings (SSSR count). The summed E-state index contributed by atoms with van der Waals surface area (Å²) in [5.41, 5.74) is -1.18. The second-order valence-corrected chi connectivity index (χ2v) is 5.70. The predicted molar refractivity (Wildman–Crippen MR) is 74.5 cm³/mol. The lowest BCUT2D eigenvalue weighted by atomic mass is 10.1. The monoisotopic (exact) mass is 320 g/mol. The lowest BCUT2D eigenvalue weighted by Crippen LogP contribution is -2.34. The van der Waals surface area contributed by atoms with E-state index in [0.29, 0.717) is 6.42 Å². The van der Waals surface area contributed by atoms with Crippen molar-refractivity contribution in [1.82, 2.24) is 0 Å². The maximum Gasteiger partial charge on any atom is 0.378 e. The third-order valence-corrected chi connectivity index (χ3v) is 2.96. The Morgan fingerprint density at radius 3 is 2.41 bits per heavy atom. The van der Waals surface area contributed by atoms with Gasteiger partial charge in [-0.2, -0.15) is 0 Å². The van der Waals surface area contributed by atoms with Crippen LogP contribution < -0.4 is 0 Å². The third-order valence-electron chi connectivity index (χ3n) is 2.96. The van der Waals surface area contributed by atoms with Gasteiger partial charge in [0.05, 0.1) is 18.8 Å². The van der Waals surface area contributed by atoms with Gasteiger partial charge in [0.1, 0.15) is 18.8 Å². The Bertz CT molecular complexity index is 408. The van der Waals surface area contributed by atoms with Gasteiger partial charge < -0.3 is 34.6 Å². The van der Waals surface area contributed by atoms with Crippen LogP contribution in [0.25, 0.3) is 0 Å². The number of ether oxygens (including phenoxy) is 3. The van der Waals surface area contributed by atoms with Crippen LogP contribution >= 0.6 is 0 Å². The Morgan fingerprint density at radius 1 is 1.32 bits per heavy atom. The number of carbonyl (C=O) groups excluding carboxylic acids is 1. The van der Waals surface area contributed by atoms with Gasteiger partial charge in [0.25, 0.3) is 0 Å². The molecule has 0 amide bonds. The largest absolute Gasteiger partial charge is 0.487 e. The number of rotatable bonds is 9. The summed E-state index contributed by atoms with van der Waals surface area (Å²) in [5, 5.41) is 37.7. The van der Waals surface area contributed by atoms with Crippen molar-refractivity contribution in [2.24, 2.45) is 0 Å². The molecule has 8 nitrogen and oxygen atoms in total. The van der Waals surface area contributed by atoms with Gasteiger partial charge in [-0.3, -0.25) is 0 Å². The summed E-state index contributed by atoms with van der Waals surface area (Å²) in [6.07, 6.45) is -2.78. The average Bonchev–Trinajstić information content (AvgIpc) is 2.77. The van der Waals surface area contributed by atoms with E-state index in [2.05, 4.69) is 0 Å². The van der Waals surface area contributed by atoms with E-state index >= 15 is 0 Å². The topological polar surface area (TPSA) is 126 Å². The predicted octanol–water partition coefficient (Wildman–Crippen LogP) is -0.948. The number of hydrogen-bond acceptors (Lipinski definition) is 8. The maximum absolute atomic E-state index is 11.9. The Hall–Kier alpha value is -1.35.